The van der Waals surface area contributed by atoms with Crippen LogP contribution >= 0.6 is 0 Å². The van der Waals surface area contributed by atoms with E-state index in [0.29, 0.717) is 17.9 Å². The number of benzene rings is 4. The van der Waals surface area contributed by atoms with Gasteiger partial charge in [-0.25, -0.2) is 9.97 Å². The van der Waals surface area contributed by atoms with Crippen LogP contribution in [0.4, 0.5) is 17.2 Å². The van der Waals surface area contributed by atoms with Crippen molar-refractivity contribution in [3.05, 3.63) is 126 Å². The van der Waals surface area contributed by atoms with E-state index in [1.165, 1.54) is 0 Å². The highest BCUT2D eigenvalue weighted by molar-refractivity contribution is 6.36. The van der Waals surface area contributed by atoms with E-state index in [1.54, 1.807) is 0 Å². The number of carbonyl (C=O) groups is 1. The van der Waals surface area contributed by atoms with Crippen LogP contribution in [0.1, 0.15) is 22.5 Å². The van der Waals surface area contributed by atoms with Gasteiger partial charge in [-0.3, -0.25) is 4.79 Å². The van der Waals surface area contributed by atoms with Crippen LogP contribution in [-0.2, 0) is 11.3 Å². The number of fused-ring (bicyclic) bond motifs is 2. The first-order valence-corrected chi connectivity index (χ1v) is 11.9. The minimum atomic E-state index is -0.00168. The van der Waals surface area contributed by atoms with E-state index in [0.717, 1.165) is 44.8 Å². The van der Waals surface area contributed by atoms with Crippen molar-refractivity contribution in [3.8, 4) is 0 Å². The zero-order chi connectivity index (χ0) is 24.5. The molecule has 0 saturated carbocycles. The monoisotopic (exact) mass is 468 g/mol. The fourth-order valence-corrected chi connectivity index (χ4v) is 4.64. The molecule has 1 aliphatic rings. The number of rotatable bonds is 5. The minimum absolute atomic E-state index is 0.00168. The third-order valence-corrected chi connectivity index (χ3v) is 6.32. The largest absolute Gasteiger partial charge is 0.340 e. The van der Waals surface area contributed by atoms with Gasteiger partial charge in [0.1, 0.15) is 11.6 Å². The van der Waals surface area contributed by atoms with Crippen molar-refractivity contribution < 1.29 is 4.79 Å². The molecule has 0 unspecified atom stereocenters. The van der Waals surface area contributed by atoms with Gasteiger partial charge in [0, 0.05) is 22.2 Å². The Bertz CT molecular complexity index is 1610. The smallest absolute Gasteiger partial charge is 0.259 e. The second-order valence-electron chi connectivity index (χ2n) is 8.84. The van der Waals surface area contributed by atoms with Crippen LogP contribution in [0.2, 0.25) is 0 Å². The van der Waals surface area contributed by atoms with Crippen molar-refractivity contribution in [2.45, 2.75) is 13.5 Å². The van der Waals surface area contributed by atoms with Crippen LogP contribution in [0.15, 0.2) is 103 Å². The molecule has 0 aliphatic carbocycles. The average molecular weight is 469 g/mol. The Morgan fingerprint density at radius 3 is 2.36 bits per heavy atom. The number of nitrogens with zero attached hydrogens (tertiary/aromatic N) is 3. The fraction of sp³-hybridized carbons (Fsp3) is 0.0645. The van der Waals surface area contributed by atoms with Gasteiger partial charge in [0.25, 0.3) is 5.91 Å². The number of aryl methyl sites for hydroxylation is 1. The molecule has 5 aromatic rings. The number of nitrogens with one attached hydrogen (secondary N) is 1. The first-order valence-electron chi connectivity index (χ1n) is 11.9. The molecular weight excluding hydrogens is 444 g/mol. The molecule has 174 valence electrons. The summed E-state index contributed by atoms with van der Waals surface area (Å²) in [7, 11) is 0. The van der Waals surface area contributed by atoms with Gasteiger partial charge in [-0.15, -0.1) is 0 Å². The number of para-hydroxylation sites is 1. The number of carbonyl (C=O) groups excluding carboxylic acids is 1. The highest BCUT2D eigenvalue weighted by Gasteiger charge is 2.32. The lowest BCUT2D eigenvalue weighted by molar-refractivity contribution is -0.113. The standard InChI is InChI=1S/C31H24N4O/c1-21-32-28-15-9-8-14-25(28)30(33-21)34-24-16-17-29-26(19-24)27(18-22-10-4-2-5-11-22)31(36)35(29)20-23-12-6-3-7-13-23/h2-19H,20H2,1H3,(H,32,33,34). The minimum Gasteiger partial charge on any atom is -0.340 e. The molecule has 0 spiro atoms. The molecule has 1 aliphatic heterocycles. The van der Waals surface area contributed by atoms with Crippen molar-refractivity contribution in [1.82, 2.24) is 9.97 Å². The Morgan fingerprint density at radius 2 is 1.56 bits per heavy atom. The summed E-state index contributed by atoms with van der Waals surface area (Å²) in [6.07, 6.45) is 1.97. The number of hydrogen-bond donors (Lipinski definition) is 1. The molecule has 1 aromatic heterocycles. The van der Waals surface area contributed by atoms with Crippen molar-refractivity contribution in [2.75, 3.05) is 10.2 Å². The maximum Gasteiger partial charge on any atom is 0.259 e. The first kappa shape index (κ1) is 21.7. The van der Waals surface area contributed by atoms with Crippen LogP contribution in [-0.4, -0.2) is 15.9 Å². The fourth-order valence-electron chi connectivity index (χ4n) is 4.64. The maximum atomic E-state index is 13.7. The highest BCUT2D eigenvalue weighted by atomic mass is 16.2. The second-order valence-corrected chi connectivity index (χ2v) is 8.84. The van der Waals surface area contributed by atoms with E-state index in [-0.39, 0.29) is 5.91 Å². The van der Waals surface area contributed by atoms with Gasteiger partial charge >= 0.3 is 0 Å². The number of aromatic nitrogens is 2. The molecule has 4 aromatic carbocycles. The van der Waals surface area contributed by atoms with Gasteiger partial charge in [-0.1, -0.05) is 72.8 Å². The zero-order valence-electron chi connectivity index (χ0n) is 19.8. The molecule has 0 atom stereocenters. The maximum absolute atomic E-state index is 13.7. The van der Waals surface area contributed by atoms with Crippen molar-refractivity contribution in [3.63, 3.8) is 0 Å². The van der Waals surface area contributed by atoms with Gasteiger partial charge in [0.15, 0.2) is 0 Å². The number of anilines is 3. The van der Waals surface area contributed by atoms with Crippen LogP contribution in [0.25, 0.3) is 22.6 Å². The van der Waals surface area contributed by atoms with E-state index in [2.05, 4.69) is 15.3 Å². The third-order valence-electron chi connectivity index (χ3n) is 6.32. The molecular formula is C31H24N4O. The molecule has 1 amide bonds. The summed E-state index contributed by atoms with van der Waals surface area (Å²) in [6, 6.07) is 34.0. The van der Waals surface area contributed by atoms with Gasteiger partial charge in [-0.05, 0) is 54.5 Å². The lowest BCUT2D eigenvalue weighted by atomic mass is 10.0. The van der Waals surface area contributed by atoms with Crippen LogP contribution in [0.5, 0.6) is 0 Å². The molecule has 6 rings (SSSR count). The van der Waals surface area contributed by atoms with Gasteiger partial charge in [0.2, 0.25) is 0 Å². The van der Waals surface area contributed by atoms with E-state index in [4.69, 9.17) is 0 Å². The summed E-state index contributed by atoms with van der Waals surface area (Å²) in [6.45, 7) is 2.41. The van der Waals surface area contributed by atoms with E-state index >= 15 is 0 Å². The Hall–Kier alpha value is -4.77. The summed E-state index contributed by atoms with van der Waals surface area (Å²) >= 11 is 0. The van der Waals surface area contributed by atoms with E-state index in [1.807, 2.05) is 121 Å². The van der Waals surface area contributed by atoms with Crippen LogP contribution < -0.4 is 10.2 Å². The van der Waals surface area contributed by atoms with Crippen molar-refractivity contribution >= 4 is 45.7 Å². The lowest BCUT2D eigenvalue weighted by Gasteiger charge is -2.17. The third kappa shape index (κ3) is 4.12. The SMILES string of the molecule is Cc1nc(Nc2ccc3c(c2)C(=Cc2ccccc2)C(=O)N3Cc2ccccc2)c2ccccc2n1. The molecule has 0 radical (unpaired) electrons. The number of amides is 1. The molecule has 0 fully saturated rings. The normalized spacial score (nSPS) is 13.9. The Labute approximate surface area is 209 Å². The first-order chi connectivity index (χ1) is 17.7. The highest BCUT2D eigenvalue weighted by Crippen LogP contribution is 2.41. The van der Waals surface area contributed by atoms with Crippen LogP contribution in [0.3, 0.4) is 0 Å². The van der Waals surface area contributed by atoms with E-state index in [9.17, 15) is 4.79 Å². The zero-order valence-corrected chi connectivity index (χ0v) is 19.8. The van der Waals surface area contributed by atoms with Crippen LogP contribution in [0, 0.1) is 6.92 Å². The van der Waals surface area contributed by atoms with Crippen molar-refractivity contribution in [2.24, 2.45) is 0 Å². The Balaban J connectivity index is 1.43. The summed E-state index contributed by atoms with van der Waals surface area (Å²) in [5.74, 6) is 1.45. The Morgan fingerprint density at radius 1 is 0.833 bits per heavy atom. The average Bonchev–Trinajstić information content (AvgIpc) is 3.15. The summed E-state index contributed by atoms with van der Waals surface area (Å²) in [4.78, 5) is 24.7. The predicted octanol–water partition coefficient (Wildman–Crippen LogP) is 6.77. The quantitative estimate of drug-likeness (QED) is 0.289. The molecule has 0 bridgehead atoms. The lowest BCUT2D eigenvalue weighted by Crippen LogP contribution is -2.25. The summed E-state index contributed by atoms with van der Waals surface area (Å²) < 4.78 is 0. The predicted molar refractivity (Wildman–Crippen MR) is 146 cm³/mol. The summed E-state index contributed by atoms with van der Waals surface area (Å²) in [5.41, 5.74) is 6.32. The summed E-state index contributed by atoms with van der Waals surface area (Å²) in [5, 5.41) is 4.42. The van der Waals surface area contributed by atoms with Gasteiger partial charge in [0.05, 0.1) is 17.7 Å². The molecule has 0 saturated heterocycles. The second kappa shape index (κ2) is 9.12. The number of hydrogen-bond acceptors (Lipinski definition) is 4. The molecule has 2 heterocycles. The Kier molecular flexibility index (Phi) is 5.51. The molecule has 5 nitrogen and oxygen atoms in total. The van der Waals surface area contributed by atoms with Crippen molar-refractivity contribution in [1.29, 1.82) is 0 Å². The van der Waals surface area contributed by atoms with E-state index < -0.39 is 0 Å². The van der Waals surface area contributed by atoms with Gasteiger partial charge < -0.3 is 10.2 Å². The van der Waals surface area contributed by atoms with Gasteiger partial charge in [-0.2, -0.15) is 0 Å². The molecule has 36 heavy (non-hydrogen) atoms. The molecule has 1 N–H and O–H groups in total. The topological polar surface area (TPSA) is 58.1 Å². The molecule has 5 heteroatoms.